The summed E-state index contributed by atoms with van der Waals surface area (Å²) in [5, 5.41) is 0.808. The van der Waals surface area contributed by atoms with Crippen molar-refractivity contribution < 1.29 is 14.2 Å². The molecule has 0 spiro atoms. The minimum absolute atomic E-state index is 0.187. The van der Waals surface area contributed by atoms with Gasteiger partial charge in [0.2, 0.25) is 0 Å². The van der Waals surface area contributed by atoms with Crippen LogP contribution in [-0.2, 0) is 0 Å². The molecular weight excluding hydrogens is 478 g/mol. The molecule has 0 aliphatic heterocycles. The van der Waals surface area contributed by atoms with Crippen LogP contribution in [0.3, 0.4) is 0 Å². The Morgan fingerprint density at radius 2 is 0.645 bits per heavy atom. The SMILES string of the molecule is Clc1c(Oc2ccccc2)ccc(Oc2ccc(Oc3ccccc3)c(Cl)c2Cl)c1Cl. The molecule has 0 fully saturated rings. The lowest BCUT2D eigenvalue weighted by molar-refractivity contribution is 0.465. The lowest BCUT2D eigenvalue weighted by Gasteiger charge is -2.15. The van der Waals surface area contributed by atoms with E-state index in [0.29, 0.717) is 34.5 Å². The molecule has 0 aliphatic carbocycles. The molecule has 0 bridgehead atoms. The molecule has 4 aromatic rings. The summed E-state index contributed by atoms with van der Waals surface area (Å²) in [4.78, 5) is 0. The zero-order valence-corrected chi connectivity index (χ0v) is 18.8. The quantitative estimate of drug-likeness (QED) is 0.268. The van der Waals surface area contributed by atoms with Gasteiger partial charge >= 0.3 is 0 Å². The molecule has 0 radical (unpaired) electrons. The summed E-state index contributed by atoms with van der Waals surface area (Å²) in [5.74, 6) is 2.70. The van der Waals surface area contributed by atoms with Crippen LogP contribution in [0.15, 0.2) is 84.9 Å². The Hall–Kier alpha value is -2.56. The predicted molar refractivity (Wildman–Crippen MR) is 126 cm³/mol. The van der Waals surface area contributed by atoms with Crippen molar-refractivity contribution in [2.45, 2.75) is 0 Å². The molecule has 7 heteroatoms. The van der Waals surface area contributed by atoms with Crippen molar-refractivity contribution in [3.05, 3.63) is 105 Å². The monoisotopic (exact) mass is 490 g/mol. The molecule has 0 heterocycles. The van der Waals surface area contributed by atoms with E-state index in [1.165, 1.54) is 0 Å². The Bertz CT molecular complexity index is 1100. The van der Waals surface area contributed by atoms with Gasteiger partial charge in [0, 0.05) is 0 Å². The summed E-state index contributed by atoms with van der Waals surface area (Å²) in [5.41, 5.74) is 0. The minimum atomic E-state index is 0.187. The van der Waals surface area contributed by atoms with E-state index in [0.717, 1.165) is 0 Å². The zero-order valence-electron chi connectivity index (χ0n) is 15.8. The Balaban J connectivity index is 1.56. The first-order valence-electron chi connectivity index (χ1n) is 9.12. The van der Waals surface area contributed by atoms with Gasteiger partial charge < -0.3 is 14.2 Å². The second-order valence-corrected chi connectivity index (χ2v) is 7.82. The summed E-state index contributed by atoms with van der Waals surface area (Å²) >= 11 is 25.6. The van der Waals surface area contributed by atoms with Crippen molar-refractivity contribution in [3.8, 4) is 34.5 Å². The number of hydrogen-bond donors (Lipinski definition) is 0. The van der Waals surface area contributed by atoms with E-state index in [1.54, 1.807) is 24.3 Å². The van der Waals surface area contributed by atoms with Gasteiger partial charge in [-0.1, -0.05) is 82.8 Å². The first-order chi connectivity index (χ1) is 15.0. The molecule has 0 saturated carbocycles. The lowest BCUT2D eigenvalue weighted by Crippen LogP contribution is -1.92. The van der Waals surface area contributed by atoms with Gasteiger partial charge in [-0.25, -0.2) is 0 Å². The van der Waals surface area contributed by atoms with E-state index >= 15 is 0 Å². The molecule has 0 saturated heterocycles. The number of rotatable bonds is 6. The zero-order chi connectivity index (χ0) is 21.8. The Morgan fingerprint density at radius 3 is 0.968 bits per heavy atom. The van der Waals surface area contributed by atoms with Crippen LogP contribution in [-0.4, -0.2) is 0 Å². The van der Waals surface area contributed by atoms with Crippen LogP contribution >= 0.6 is 46.4 Å². The van der Waals surface area contributed by atoms with Gasteiger partial charge in [0.1, 0.15) is 54.6 Å². The van der Waals surface area contributed by atoms with E-state index < -0.39 is 0 Å². The average Bonchev–Trinajstić information content (AvgIpc) is 2.80. The van der Waals surface area contributed by atoms with Crippen LogP contribution in [0.5, 0.6) is 34.5 Å². The standard InChI is InChI=1S/C24H14Cl4O3/c25-21-17(29-15-7-3-1-4-8-15)11-13-19(23(21)27)31-20-14-12-18(22(26)24(20)28)30-16-9-5-2-6-10-16/h1-14H. The van der Waals surface area contributed by atoms with E-state index in [2.05, 4.69) is 0 Å². The van der Waals surface area contributed by atoms with Gasteiger partial charge in [-0.3, -0.25) is 0 Å². The molecule has 3 nitrogen and oxygen atoms in total. The second-order valence-electron chi connectivity index (χ2n) is 6.31. The number of halogens is 4. The van der Waals surface area contributed by atoms with Crippen LogP contribution in [0.4, 0.5) is 0 Å². The molecule has 0 aromatic heterocycles. The number of benzene rings is 4. The maximum Gasteiger partial charge on any atom is 0.147 e. The van der Waals surface area contributed by atoms with Crippen molar-refractivity contribution in [2.75, 3.05) is 0 Å². The first-order valence-corrected chi connectivity index (χ1v) is 10.6. The molecular formula is C24H14Cl4O3. The third-order valence-electron chi connectivity index (χ3n) is 4.18. The molecule has 0 unspecified atom stereocenters. The normalized spacial score (nSPS) is 10.6. The third kappa shape index (κ3) is 5.03. The molecule has 0 aliphatic rings. The van der Waals surface area contributed by atoms with Crippen LogP contribution < -0.4 is 14.2 Å². The van der Waals surface area contributed by atoms with Crippen molar-refractivity contribution in [2.24, 2.45) is 0 Å². The van der Waals surface area contributed by atoms with Crippen molar-refractivity contribution >= 4 is 46.4 Å². The Morgan fingerprint density at radius 1 is 0.355 bits per heavy atom. The summed E-state index contributed by atoms with van der Waals surface area (Å²) < 4.78 is 17.4. The fourth-order valence-corrected chi connectivity index (χ4v) is 3.47. The first kappa shape index (κ1) is 21.7. The van der Waals surface area contributed by atoms with Crippen molar-refractivity contribution in [1.82, 2.24) is 0 Å². The molecule has 156 valence electrons. The predicted octanol–water partition coefficient (Wildman–Crippen LogP) is 9.68. The van der Waals surface area contributed by atoms with Gasteiger partial charge in [0.15, 0.2) is 0 Å². The van der Waals surface area contributed by atoms with E-state index in [1.807, 2.05) is 60.7 Å². The number of para-hydroxylation sites is 2. The van der Waals surface area contributed by atoms with Gasteiger partial charge in [0.25, 0.3) is 0 Å². The van der Waals surface area contributed by atoms with E-state index in [9.17, 15) is 0 Å². The average molecular weight is 492 g/mol. The summed E-state index contributed by atoms with van der Waals surface area (Å²) in [6.07, 6.45) is 0. The molecule has 4 aromatic carbocycles. The molecule has 0 atom stereocenters. The summed E-state index contributed by atoms with van der Waals surface area (Å²) in [6.45, 7) is 0. The van der Waals surface area contributed by atoms with Crippen molar-refractivity contribution in [1.29, 1.82) is 0 Å². The largest absolute Gasteiger partial charge is 0.456 e. The van der Waals surface area contributed by atoms with E-state index in [4.69, 9.17) is 60.6 Å². The van der Waals surface area contributed by atoms with Crippen LogP contribution in [0, 0.1) is 0 Å². The Labute approximate surface area is 199 Å². The molecule has 4 rings (SSSR count). The van der Waals surface area contributed by atoms with Crippen LogP contribution in [0.1, 0.15) is 0 Å². The highest BCUT2D eigenvalue weighted by molar-refractivity contribution is 6.44. The highest BCUT2D eigenvalue weighted by Crippen LogP contribution is 2.46. The summed E-state index contributed by atoms with van der Waals surface area (Å²) in [6, 6.07) is 25.1. The van der Waals surface area contributed by atoms with Gasteiger partial charge in [0.05, 0.1) is 0 Å². The topological polar surface area (TPSA) is 27.7 Å². The third-order valence-corrected chi connectivity index (χ3v) is 5.88. The number of ether oxygens (including phenoxy) is 3. The highest BCUT2D eigenvalue weighted by Gasteiger charge is 2.18. The van der Waals surface area contributed by atoms with Gasteiger partial charge in [-0.2, -0.15) is 0 Å². The lowest BCUT2D eigenvalue weighted by atomic mass is 10.3. The highest BCUT2D eigenvalue weighted by atomic mass is 35.5. The number of hydrogen-bond acceptors (Lipinski definition) is 3. The fraction of sp³-hybridized carbons (Fsp3) is 0. The maximum atomic E-state index is 6.41. The maximum absolute atomic E-state index is 6.41. The van der Waals surface area contributed by atoms with Crippen LogP contribution in [0.2, 0.25) is 20.1 Å². The molecule has 0 N–H and O–H groups in total. The second kappa shape index (κ2) is 9.71. The minimum Gasteiger partial charge on any atom is -0.456 e. The van der Waals surface area contributed by atoms with Gasteiger partial charge in [-0.05, 0) is 48.5 Å². The molecule has 0 amide bonds. The Kier molecular flexibility index (Phi) is 6.79. The van der Waals surface area contributed by atoms with E-state index in [-0.39, 0.29) is 20.1 Å². The molecule has 31 heavy (non-hydrogen) atoms. The fourth-order valence-electron chi connectivity index (χ4n) is 2.69. The smallest absolute Gasteiger partial charge is 0.147 e. The van der Waals surface area contributed by atoms with Crippen molar-refractivity contribution in [3.63, 3.8) is 0 Å². The van der Waals surface area contributed by atoms with Crippen LogP contribution in [0.25, 0.3) is 0 Å². The van der Waals surface area contributed by atoms with Gasteiger partial charge in [-0.15, -0.1) is 0 Å². The summed E-state index contributed by atoms with van der Waals surface area (Å²) in [7, 11) is 0.